The highest BCUT2D eigenvalue weighted by Crippen LogP contribution is 2.48. The average molecular weight is 325 g/mol. The van der Waals surface area contributed by atoms with E-state index >= 15 is 0 Å². The summed E-state index contributed by atoms with van der Waals surface area (Å²) in [6.07, 6.45) is 8.92. The van der Waals surface area contributed by atoms with Crippen LogP contribution in [0.3, 0.4) is 0 Å². The molecule has 1 aromatic heterocycles. The zero-order valence-electron chi connectivity index (χ0n) is 13.0. The number of ether oxygens (including phenoxy) is 1. The molecule has 22 heavy (non-hydrogen) atoms. The Morgan fingerprint density at radius 1 is 1.41 bits per heavy atom. The molecule has 1 aromatic rings. The standard InChI is InChI=1S/C16H23NO4S/c1-22(18,19)21-11-13-5-4-8-17-15(13)14-9-16(12-20-10-14)6-2-3-7-16/h4-5,8,14H,2-3,6-7,9-12H2,1H3. The predicted octanol–water partition coefficient (Wildman–Crippen LogP) is 2.62. The maximum absolute atomic E-state index is 11.2. The zero-order chi connectivity index (χ0) is 15.6. The number of pyridine rings is 1. The van der Waals surface area contributed by atoms with Crippen LogP contribution in [-0.2, 0) is 25.6 Å². The summed E-state index contributed by atoms with van der Waals surface area (Å²) in [7, 11) is -3.45. The molecule has 1 aliphatic carbocycles. The van der Waals surface area contributed by atoms with Crippen LogP contribution >= 0.6 is 0 Å². The van der Waals surface area contributed by atoms with Crippen LogP contribution in [0.15, 0.2) is 18.3 Å². The molecule has 1 atom stereocenters. The molecule has 6 heteroatoms. The first-order valence-corrected chi connectivity index (χ1v) is 9.65. The highest BCUT2D eigenvalue weighted by molar-refractivity contribution is 7.85. The summed E-state index contributed by atoms with van der Waals surface area (Å²) in [5, 5.41) is 0. The first kappa shape index (κ1) is 15.9. The van der Waals surface area contributed by atoms with Gasteiger partial charge in [0.25, 0.3) is 10.1 Å². The Balaban J connectivity index is 1.79. The van der Waals surface area contributed by atoms with Gasteiger partial charge < -0.3 is 4.74 Å². The summed E-state index contributed by atoms with van der Waals surface area (Å²) in [6.45, 7) is 1.56. The molecule has 0 amide bonds. The van der Waals surface area contributed by atoms with E-state index in [0.29, 0.717) is 12.0 Å². The van der Waals surface area contributed by atoms with Gasteiger partial charge in [-0.2, -0.15) is 8.42 Å². The lowest BCUT2D eigenvalue weighted by molar-refractivity contribution is -0.0189. The van der Waals surface area contributed by atoms with E-state index in [9.17, 15) is 8.42 Å². The summed E-state index contributed by atoms with van der Waals surface area (Å²) in [6, 6.07) is 3.71. The van der Waals surface area contributed by atoms with Gasteiger partial charge in [-0.3, -0.25) is 9.17 Å². The highest BCUT2D eigenvalue weighted by atomic mass is 32.2. The quantitative estimate of drug-likeness (QED) is 0.796. The van der Waals surface area contributed by atoms with Crippen molar-refractivity contribution in [2.45, 2.75) is 44.6 Å². The molecule has 1 saturated carbocycles. The summed E-state index contributed by atoms with van der Waals surface area (Å²) < 4.78 is 33.3. The largest absolute Gasteiger partial charge is 0.380 e. The molecule has 2 heterocycles. The lowest BCUT2D eigenvalue weighted by atomic mass is 9.75. The van der Waals surface area contributed by atoms with E-state index in [1.54, 1.807) is 6.20 Å². The second-order valence-electron chi connectivity index (χ2n) is 6.64. The lowest BCUT2D eigenvalue weighted by Gasteiger charge is -2.38. The second kappa shape index (κ2) is 6.26. The minimum absolute atomic E-state index is 0.0471. The van der Waals surface area contributed by atoms with E-state index in [4.69, 9.17) is 8.92 Å². The van der Waals surface area contributed by atoms with Gasteiger partial charge >= 0.3 is 0 Å². The van der Waals surface area contributed by atoms with Crippen molar-refractivity contribution < 1.29 is 17.3 Å². The summed E-state index contributed by atoms with van der Waals surface area (Å²) in [5.41, 5.74) is 2.07. The van der Waals surface area contributed by atoms with Gasteiger partial charge in [0.2, 0.25) is 0 Å². The van der Waals surface area contributed by atoms with Gasteiger partial charge in [-0.1, -0.05) is 18.9 Å². The molecular formula is C16H23NO4S. The fraction of sp³-hybridized carbons (Fsp3) is 0.688. The highest BCUT2D eigenvalue weighted by Gasteiger charge is 2.40. The number of aromatic nitrogens is 1. The zero-order valence-corrected chi connectivity index (χ0v) is 13.8. The molecule has 2 fully saturated rings. The average Bonchev–Trinajstić information content (AvgIpc) is 2.92. The van der Waals surface area contributed by atoms with Crippen LogP contribution in [0.4, 0.5) is 0 Å². The minimum Gasteiger partial charge on any atom is -0.380 e. The Morgan fingerprint density at radius 3 is 2.91 bits per heavy atom. The van der Waals surface area contributed by atoms with E-state index in [0.717, 1.165) is 30.5 Å². The first-order valence-electron chi connectivity index (χ1n) is 7.83. The van der Waals surface area contributed by atoms with Crippen molar-refractivity contribution >= 4 is 10.1 Å². The Labute approximate surface area is 132 Å². The smallest absolute Gasteiger partial charge is 0.264 e. The van der Waals surface area contributed by atoms with Crippen molar-refractivity contribution in [1.29, 1.82) is 0 Å². The van der Waals surface area contributed by atoms with Gasteiger partial charge in [0.05, 0.1) is 31.8 Å². The Kier molecular flexibility index (Phi) is 4.52. The summed E-state index contributed by atoms with van der Waals surface area (Å²) >= 11 is 0. The van der Waals surface area contributed by atoms with Gasteiger partial charge in [0, 0.05) is 17.7 Å². The fourth-order valence-corrected chi connectivity index (χ4v) is 4.16. The van der Waals surface area contributed by atoms with Crippen molar-refractivity contribution in [1.82, 2.24) is 4.98 Å². The lowest BCUT2D eigenvalue weighted by Crippen LogP contribution is -2.34. The Bertz CT molecular complexity index is 623. The maximum Gasteiger partial charge on any atom is 0.264 e. The second-order valence-corrected chi connectivity index (χ2v) is 8.28. The predicted molar refractivity (Wildman–Crippen MR) is 82.9 cm³/mol. The molecule has 5 nitrogen and oxygen atoms in total. The Morgan fingerprint density at radius 2 is 2.18 bits per heavy atom. The van der Waals surface area contributed by atoms with Crippen molar-refractivity contribution in [2.75, 3.05) is 19.5 Å². The first-order chi connectivity index (χ1) is 10.5. The van der Waals surface area contributed by atoms with E-state index < -0.39 is 10.1 Å². The molecule has 1 aliphatic heterocycles. The molecule has 1 saturated heterocycles. The molecule has 0 aromatic carbocycles. The third kappa shape index (κ3) is 3.67. The van der Waals surface area contributed by atoms with Gasteiger partial charge in [-0.05, 0) is 30.7 Å². The van der Waals surface area contributed by atoms with Gasteiger partial charge in [0.15, 0.2) is 0 Å². The molecule has 1 spiro atoms. The van der Waals surface area contributed by atoms with Crippen molar-refractivity contribution in [3.8, 4) is 0 Å². The van der Waals surface area contributed by atoms with Gasteiger partial charge in [-0.15, -0.1) is 0 Å². The molecule has 0 N–H and O–H groups in total. The van der Waals surface area contributed by atoms with Crippen LogP contribution in [0.25, 0.3) is 0 Å². The van der Waals surface area contributed by atoms with Crippen molar-refractivity contribution in [2.24, 2.45) is 5.41 Å². The molecule has 2 aliphatic rings. The van der Waals surface area contributed by atoms with E-state index in [2.05, 4.69) is 4.98 Å². The van der Waals surface area contributed by atoms with Crippen LogP contribution in [-0.4, -0.2) is 32.9 Å². The number of hydrogen-bond acceptors (Lipinski definition) is 5. The molecule has 3 rings (SSSR count). The van der Waals surface area contributed by atoms with Crippen LogP contribution in [0.2, 0.25) is 0 Å². The monoisotopic (exact) mass is 325 g/mol. The number of nitrogens with zero attached hydrogens (tertiary/aromatic N) is 1. The van der Waals surface area contributed by atoms with Crippen molar-refractivity contribution in [3.63, 3.8) is 0 Å². The maximum atomic E-state index is 11.2. The molecule has 122 valence electrons. The van der Waals surface area contributed by atoms with Gasteiger partial charge in [0.1, 0.15) is 0 Å². The van der Waals surface area contributed by atoms with Crippen molar-refractivity contribution in [3.05, 3.63) is 29.6 Å². The third-order valence-electron chi connectivity index (χ3n) is 4.81. The third-order valence-corrected chi connectivity index (χ3v) is 5.36. The molecule has 0 radical (unpaired) electrons. The summed E-state index contributed by atoms with van der Waals surface area (Å²) in [5.74, 6) is 0.228. The van der Waals surface area contributed by atoms with E-state index in [-0.39, 0.29) is 12.5 Å². The van der Waals surface area contributed by atoms with Crippen LogP contribution in [0.5, 0.6) is 0 Å². The van der Waals surface area contributed by atoms with Crippen LogP contribution < -0.4 is 0 Å². The van der Waals surface area contributed by atoms with Crippen LogP contribution in [0, 0.1) is 5.41 Å². The van der Waals surface area contributed by atoms with Gasteiger partial charge in [-0.25, -0.2) is 0 Å². The SMILES string of the molecule is CS(=O)(=O)OCc1cccnc1C1COCC2(CCCC2)C1. The molecular weight excluding hydrogens is 302 g/mol. The molecule has 0 bridgehead atoms. The van der Waals surface area contributed by atoms with Crippen LogP contribution in [0.1, 0.15) is 49.3 Å². The Hall–Kier alpha value is -0.980. The topological polar surface area (TPSA) is 65.5 Å². The van der Waals surface area contributed by atoms with E-state index in [1.807, 2.05) is 12.1 Å². The molecule has 1 unspecified atom stereocenters. The number of rotatable bonds is 4. The summed E-state index contributed by atoms with van der Waals surface area (Å²) in [4.78, 5) is 4.50. The van der Waals surface area contributed by atoms with E-state index in [1.165, 1.54) is 25.7 Å². The fourth-order valence-electron chi connectivity index (χ4n) is 3.82. The number of hydrogen-bond donors (Lipinski definition) is 0. The normalized spacial score (nSPS) is 24.7. The minimum atomic E-state index is -3.45.